The van der Waals surface area contributed by atoms with Gasteiger partial charge in [0.2, 0.25) is 0 Å². The van der Waals surface area contributed by atoms with Gasteiger partial charge >= 0.3 is 0 Å². The van der Waals surface area contributed by atoms with Gasteiger partial charge in [0.15, 0.2) is 0 Å². The molecule has 0 aliphatic heterocycles. The van der Waals surface area contributed by atoms with Crippen LogP contribution in [0.25, 0.3) is 11.0 Å². The zero-order valence-electron chi connectivity index (χ0n) is 14.4. The molecule has 1 aromatic heterocycles. The number of nitrogens with zero attached hydrogens (tertiary/aromatic N) is 2. The van der Waals surface area contributed by atoms with Crippen LogP contribution in [0.2, 0.25) is 0 Å². The smallest absolute Gasteiger partial charge is 0.255 e. The number of aryl methyl sites for hydroxylation is 3. The van der Waals surface area contributed by atoms with Crippen molar-refractivity contribution in [2.75, 3.05) is 12.4 Å². The van der Waals surface area contributed by atoms with Gasteiger partial charge in [-0.1, -0.05) is 13.0 Å². The summed E-state index contributed by atoms with van der Waals surface area (Å²) in [6.07, 6.45) is 0.854. The third-order valence-corrected chi connectivity index (χ3v) is 4.16. The number of carbonyl (C=O) groups is 1. The van der Waals surface area contributed by atoms with Gasteiger partial charge in [-0.25, -0.2) is 4.98 Å². The number of hydrogen-bond acceptors (Lipinski definition) is 3. The number of imidazole rings is 1. The summed E-state index contributed by atoms with van der Waals surface area (Å²) in [5, 5.41) is 2.92. The molecule has 0 bridgehead atoms. The highest BCUT2D eigenvalue weighted by atomic mass is 16.5. The monoisotopic (exact) mass is 323 g/mol. The van der Waals surface area contributed by atoms with Crippen LogP contribution < -0.4 is 10.1 Å². The quantitative estimate of drug-likeness (QED) is 0.796. The van der Waals surface area contributed by atoms with Crippen LogP contribution in [0.3, 0.4) is 0 Å². The zero-order chi connectivity index (χ0) is 17.3. The molecule has 5 nitrogen and oxygen atoms in total. The molecule has 2 aromatic carbocycles. The van der Waals surface area contributed by atoms with Crippen molar-refractivity contribution in [3.63, 3.8) is 0 Å². The van der Waals surface area contributed by atoms with Crippen LogP contribution in [-0.4, -0.2) is 22.6 Å². The van der Waals surface area contributed by atoms with Gasteiger partial charge in [0.1, 0.15) is 11.6 Å². The lowest BCUT2D eigenvalue weighted by atomic mass is 10.1. The number of aromatic nitrogens is 2. The topological polar surface area (TPSA) is 56.1 Å². The Balaban J connectivity index is 1.93. The Kier molecular flexibility index (Phi) is 4.25. The predicted octanol–water partition coefficient (Wildman–Crippen LogP) is 3.71. The van der Waals surface area contributed by atoms with Crippen molar-refractivity contribution in [2.45, 2.75) is 20.3 Å². The minimum atomic E-state index is -0.176. The van der Waals surface area contributed by atoms with E-state index in [1.165, 1.54) is 0 Å². The van der Waals surface area contributed by atoms with Gasteiger partial charge in [-0.05, 0) is 42.8 Å². The molecule has 5 heteroatoms. The summed E-state index contributed by atoms with van der Waals surface area (Å²) in [4.78, 5) is 17.2. The van der Waals surface area contributed by atoms with E-state index >= 15 is 0 Å². The molecule has 0 radical (unpaired) electrons. The summed E-state index contributed by atoms with van der Waals surface area (Å²) >= 11 is 0. The van der Waals surface area contributed by atoms with E-state index in [-0.39, 0.29) is 5.91 Å². The van der Waals surface area contributed by atoms with Crippen LogP contribution >= 0.6 is 0 Å². The predicted molar refractivity (Wildman–Crippen MR) is 95.8 cm³/mol. The maximum Gasteiger partial charge on any atom is 0.255 e. The zero-order valence-corrected chi connectivity index (χ0v) is 14.4. The Morgan fingerprint density at radius 2 is 2.04 bits per heavy atom. The number of hydrogen-bond donors (Lipinski definition) is 1. The highest BCUT2D eigenvalue weighted by molar-refractivity contribution is 6.06. The number of amides is 1. The molecule has 0 saturated carbocycles. The van der Waals surface area contributed by atoms with E-state index < -0.39 is 0 Å². The van der Waals surface area contributed by atoms with Gasteiger partial charge in [-0.3, -0.25) is 4.79 Å². The van der Waals surface area contributed by atoms with Gasteiger partial charge in [0.05, 0.1) is 23.8 Å². The molecular formula is C19H21N3O2. The van der Waals surface area contributed by atoms with Crippen LogP contribution in [0.15, 0.2) is 36.4 Å². The summed E-state index contributed by atoms with van der Waals surface area (Å²) in [6.45, 7) is 4.04. The van der Waals surface area contributed by atoms with Crippen molar-refractivity contribution in [3.05, 3.63) is 53.3 Å². The van der Waals surface area contributed by atoms with Crippen LogP contribution in [0.4, 0.5) is 5.69 Å². The van der Waals surface area contributed by atoms with Gasteiger partial charge in [-0.15, -0.1) is 0 Å². The highest BCUT2D eigenvalue weighted by Gasteiger charge is 2.13. The third kappa shape index (κ3) is 2.85. The van der Waals surface area contributed by atoms with Gasteiger partial charge in [-0.2, -0.15) is 0 Å². The Bertz CT molecular complexity index is 912. The number of ether oxygens (including phenoxy) is 1. The molecule has 0 spiro atoms. The fraction of sp³-hybridized carbons (Fsp3) is 0.263. The fourth-order valence-corrected chi connectivity index (χ4v) is 2.82. The second-order valence-corrected chi connectivity index (χ2v) is 5.80. The third-order valence-electron chi connectivity index (χ3n) is 4.16. The first-order valence-corrected chi connectivity index (χ1v) is 7.94. The Hall–Kier alpha value is -2.82. The lowest BCUT2D eigenvalue weighted by Crippen LogP contribution is -2.12. The van der Waals surface area contributed by atoms with E-state index in [1.807, 2.05) is 50.4 Å². The molecule has 3 aromatic rings. The minimum Gasteiger partial charge on any atom is -0.495 e. The molecule has 1 N–H and O–H groups in total. The Morgan fingerprint density at radius 1 is 1.25 bits per heavy atom. The maximum absolute atomic E-state index is 12.6. The van der Waals surface area contributed by atoms with E-state index in [2.05, 4.69) is 21.8 Å². The van der Waals surface area contributed by atoms with E-state index in [0.717, 1.165) is 28.8 Å². The SMILES string of the molecule is CCc1nc2cc(C(=O)Nc3cc(C)ccc3OC)ccc2n1C. The Morgan fingerprint density at radius 3 is 2.75 bits per heavy atom. The first-order chi connectivity index (χ1) is 11.5. The van der Waals surface area contributed by atoms with Crippen LogP contribution in [0.1, 0.15) is 28.7 Å². The van der Waals surface area contributed by atoms with Crippen molar-refractivity contribution in [1.29, 1.82) is 0 Å². The summed E-state index contributed by atoms with van der Waals surface area (Å²) in [7, 11) is 3.58. The van der Waals surface area contributed by atoms with E-state index in [9.17, 15) is 4.79 Å². The molecular weight excluding hydrogens is 302 g/mol. The first-order valence-electron chi connectivity index (χ1n) is 7.94. The Labute approximate surface area is 141 Å². The largest absolute Gasteiger partial charge is 0.495 e. The summed E-state index contributed by atoms with van der Waals surface area (Å²) in [6, 6.07) is 11.3. The molecule has 1 heterocycles. The molecule has 0 aliphatic carbocycles. The number of methoxy groups -OCH3 is 1. The standard InChI is InChI=1S/C19H21N3O2/c1-5-18-20-14-11-13(7-8-16(14)22(18)3)19(23)21-15-10-12(2)6-9-17(15)24-4/h6-11H,5H2,1-4H3,(H,21,23). The summed E-state index contributed by atoms with van der Waals surface area (Å²) in [5.74, 6) is 1.47. The summed E-state index contributed by atoms with van der Waals surface area (Å²) < 4.78 is 7.37. The lowest BCUT2D eigenvalue weighted by molar-refractivity contribution is 0.102. The van der Waals surface area contributed by atoms with Crippen molar-refractivity contribution >= 4 is 22.6 Å². The molecule has 3 rings (SSSR count). The van der Waals surface area contributed by atoms with E-state index in [1.54, 1.807) is 7.11 Å². The number of nitrogens with one attached hydrogen (secondary N) is 1. The lowest BCUT2D eigenvalue weighted by Gasteiger charge is -2.11. The second kappa shape index (κ2) is 6.35. The van der Waals surface area contributed by atoms with Gasteiger partial charge in [0, 0.05) is 19.0 Å². The molecule has 0 saturated heterocycles. The van der Waals surface area contributed by atoms with Crippen LogP contribution in [-0.2, 0) is 13.5 Å². The van der Waals surface area contributed by atoms with Crippen LogP contribution in [0.5, 0.6) is 5.75 Å². The minimum absolute atomic E-state index is 0.176. The highest BCUT2D eigenvalue weighted by Crippen LogP contribution is 2.26. The van der Waals surface area contributed by atoms with Crippen molar-refractivity contribution < 1.29 is 9.53 Å². The number of carbonyl (C=O) groups excluding carboxylic acids is 1. The molecule has 124 valence electrons. The van der Waals surface area contributed by atoms with Gasteiger partial charge < -0.3 is 14.6 Å². The van der Waals surface area contributed by atoms with E-state index in [4.69, 9.17) is 4.74 Å². The number of rotatable bonds is 4. The second-order valence-electron chi connectivity index (χ2n) is 5.80. The molecule has 24 heavy (non-hydrogen) atoms. The maximum atomic E-state index is 12.6. The number of fused-ring (bicyclic) bond motifs is 1. The molecule has 0 aliphatic rings. The van der Waals surface area contributed by atoms with Crippen molar-refractivity contribution in [3.8, 4) is 5.75 Å². The number of benzene rings is 2. The van der Waals surface area contributed by atoms with Gasteiger partial charge in [0.25, 0.3) is 5.91 Å². The van der Waals surface area contributed by atoms with Crippen molar-refractivity contribution in [1.82, 2.24) is 9.55 Å². The molecule has 0 fully saturated rings. The molecule has 0 atom stereocenters. The average Bonchev–Trinajstić information content (AvgIpc) is 2.90. The molecule has 1 amide bonds. The fourth-order valence-electron chi connectivity index (χ4n) is 2.82. The first kappa shape index (κ1) is 16.1. The van der Waals surface area contributed by atoms with E-state index in [0.29, 0.717) is 17.0 Å². The van der Waals surface area contributed by atoms with Crippen LogP contribution in [0, 0.1) is 6.92 Å². The average molecular weight is 323 g/mol. The summed E-state index contributed by atoms with van der Waals surface area (Å²) in [5.41, 5.74) is 4.15. The van der Waals surface area contributed by atoms with Crippen molar-refractivity contribution in [2.24, 2.45) is 7.05 Å². The number of anilines is 1. The normalized spacial score (nSPS) is 10.8. The molecule has 0 unspecified atom stereocenters.